The molecule has 105 valence electrons. The molecular weight excluding hydrogens is 272 g/mol. The predicted molar refractivity (Wildman–Crippen MR) is 96.2 cm³/mol. The van der Waals surface area contributed by atoms with Crippen molar-refractivity contribution >= 4 is 32.4 Å². The molecule has 0 spiro atoms. The molecule has 0 aliphatic rings. The lowest BCUT2D eigenvalue weighted by atomic mass is 10.2. The summed E-state index contributed by atoms with van der Waals surface area (Å²) in [5, 5.41) is 4.69. The molecule has 0 amide bonds. The Balaban J connectivity index is 2.48. The largest absolute Gasteiger partial charge is 0.118 e. The number of rotatable bonds is 3. The van der Waals surface area contributed by atoms with E-state index in [1.54, 1.807) is 15.6 Å². The summed E-state index contributed by atoms with van der Waals surface area (Å²) >= 11 is 0. The van der Waals surface area contributed by atoms with Crippen molar-refractivity contribution in [3.8, 4) is 0 Å². The molecule has 2 heteroatoms. The van der Waals surface area contributed by atoms with Crippen molar-refractivity contribution in [2.45, 2.75) is 40.0 Å². The van der Waals surface area contributed by atoms with E-state index in [-0.39, 0.29) is 0 Å². The molecular formula is C18H25Si2. The highest BCUT2D eigenvalue weighted by Crippen LogP contribution is 2.05. The molecule has 0 unspecified atom stereocenters. The summed E-state index contributed by atoms with van der Waals surface area (Å²) in [7, 11) is -1.90. The van der Waals surface area contributed by atoms with Gasteiger partial charge in [-0.15, -0.1) is 0 Å². The van der Waals surface area contributed by atoms with Crippen molar-refractivity contribution in [1.29, 1.82) is 0 Å². The third-order valence-corrected chi connectivity index (χ3v) is 8.47. The van der Waals surface area contributed by atoms with Gasteiger partial charge in [0.15, 0.2) is 0 Å². The summed E-state index contributed by atoms with van der Waals surface area (Å²) in [5.41, 5.74) is 2.85. The van der Waals surface area contributed by atoms with E-state index in [2.05, 4.69) is 82.5 Å². The van der Waals surface area contributed by atoms with Gasteiger partial charge in [0.1, 0.15) is 8.80 Å². The molecule has 0 saturated carbocycles. The highest BCUT2D eigenvalue weighted by Gasteiger charge is 2.20. The van der Waals surface area contributed by atoms with Gasteiger partial charge in [-0.05, 0) is 13.8 Å². The van der Waals surface area contributed by atoms with E-state index in [9.17, 15) is 0 Å². The fourth-order valence-electron chi connectivity index (χ4n) is 2.58. The van der Waals surface area contributed by atoms with E-state index in [0.717, 1.165) is 0 Å². The first-order valence-electron chi connectivity index (χ1n) is 7.31. The number of hydrogen-bond acceptors (Lipinski definition) is 0. The fourth-order valence-corrected chi connectivity index (χ4v) is 6.12. The molecule has 0 fully saturated rings. The van der Waals surface area contributed by atoms with E-state index >= 15 is 0 Å². The van der Waals surface area contributed by atoms with Gasteiger partial charge in [-0.3, -0.25) is 0 Å². The van der Waals surface area contributed by atoms with E-state index in [0.29, 0.717) is 0 Å². The normalized spacial score (nSPS) is 11.9. The monoisotopic (exact) mass is 297 g/mol. The molecule has 0 N–H and O–H groups in total. The second-order valence-corrected chi connectivity index (χ2v) is 14.2. The first-order valence-corrected chi connectivity index (χ1v) is 12.8. The van der Waals surface area contributed by atoms with Crippen LogP contribution in [0.5, 0.6) is 0 Å². The van der Waals surface area contributed by atoms with Gasteiger partial charge in [0.05, 0.1) is 8.07 Å². The van der Waals surface area contributed by atoms with Gasteiger partial charge in [-0.2, -0.15) is 0 Å². The third kappa shape index (κ3) is 3.30. The van der Waals surface area contributed by atoms with E-state index in [1.165, 1.54) is 11.1 Å². The highest BCUT2D eigenvalue weighted by atomic mass is 28.3. The number of aryl methyl sites for hydroxylation is 2. The first-order chi connectivity index (χ1) is 9.29. The summed E-state index contributed by atoms with van der Waals surface area (Å²) in [6, 6.07) is 16.1. The van der Waals surface area contributed by atoms with Gasteiger partial charge in [0.2, 0.25) is 0 Å². The molecule has 0 aliphatic heterocycles. The standard InChI is InChI=1S/C18H25Si2/c1-14-11-16(13-17(12-14)20(4,5)6)19(3)18-10-8-7-9-15(18)2/h7-13H,1-6H3. The minimum Gasteiger partial charge on any atom is -0.0656 e. The summed E-state index contributed by atoms with van der Waals surface area (Å²) in [6.07, 6.45) is 0. The first kappa shape index (κ1) is 15.3. The smallest absolute Gasteiger partial charge is 0.0656 e. The fraction of sp³-hybridized carbons (Fsp3) is 0.333. The molecule has 2 rings (SSSR count). The molecule has 0 aliphatic carbocycles. The molecule has 0 atom stereocenters. The van der Waals surface area contributed by atoms with Gasteiger partial charge in [-0.25, -0.2) is 0 Å². The molecule has 2 aromatic rings. The Hall–Kier alpha value is -1.13. The molecule has 2 aromatic carbocycles. The molecule has 0 saturated heterocycles. The quantitative estimate of drug-likeness (QED) is 0.764. The van der Waals surface area contributed by atoms with Crippen LogP contribution in [-0.4, -0.2) is 16.9 Å². The summed E-state index contributed by atoms with van der Waals surface area (Å²) in [6.45, 7) is 14.2. The lowest BCUT2D eigenvalue weighted by Crippen LogP contribution is -2.46. The van der Waals surface area contributed by atoms with Crippen LogP contribution in [0.1, 0.15) is 11.1 Å². The average Bonchev–Trinajstić information content (AvgIpc) is 2.37. The highest BCUT2D eigenvalue weighted by molar-refractivity contribution is 6.90. The van der Waals surface area contributed by atoms with Gasteiger partial charge >= 0.3 is 0 Å². The zero-order valence-corrected chi connectivity index (χ0v) is 15.5. The van der Waals surface area contributed by atoms with Crippen LogP contribution in [0.15, 0.2) is 42.5 Å². The van der Waals surface area contributed by atoms with Crippen molar-refractivity contribution in [3.05, 3.63) is 53.6 Å². The van der Waals surface area contributed by atoms with Crippen LogP contribution >= 0.6 is 0 Å². The van der Waals surface area contributed by atoms with E-state index in [1.807, 2.05) is 0 Å². The summed E-state index contributed by atoms with van der Waals surface area (Å²) in [4.78, 5) is 0. The van der Waals surface area contributed by atoms with Crippen molar-refractivity contribution in [1.82, 2.24) is 0 Å². The van der Waals surface area contributed by atoms with Gasteiger partial charge in [0, 0.05) is 0 Å². The minimum atomic E-state index is -1.24. The molecule has 0 aromatic heterocycles. The van der Waals surface area contributed by atoms with Gasteiger partial charge in [-0.1, -0.05) is 95.3 Å². The second kappa shape index (κ2) is 5.70. The van der Waals surface area contributed by atoms with Crippen molar-refractivity contribution in [2.75, 3.05) is 0 Å². The lowest BCUT2D eigenvalue weighted by molar-refractivity contribution is 1.49. The maximum Gasteiger partial charge on any atom is 0.118 e. The molecule has 0 heterocycles. The Morgan fingerprint density at radius 1 is 0.900 bits per heavy atom. The van der Waals surface area contributed by atoms with Crippen LogP contribution in [0, 0.1) is 13.8 Å². The minimum absolute atomic E-state index is 0.656. The van der Waals surface area contributed by atoms with E-state index in [4.69, 9.17) is 0 Å². The van der Waals surface area contributed by atoms with E-state index < -0.39 is 16.9 Å². The predicted octanol–water partition coefficient (Wildman–Crippen LogP) is 3.09. The molecule has 0 bridgehead atoms. The number of hydrogen-bond donors (Lipinski definition) is 0. The van der Waals surface area contributed by atoms with Crippen LogP contribution in [0.25, 0.3) is 0 Å². The van der Waals surface area contributed by atoms with Crippen molar-refractivity contribution in [2.24, 2.45) is 0 Å². The molecule has 0 nitrogen and oxygen atoms in total. The van der Waals surface area contributed by atoms with Crippen LogP contribution in [0.2, 0.25) is 26.2 Å². The lowest BCUT2D eigenvalue weighted by Gasteiger charge is -2.21. The maximum atomic E-state index is 2.49. The van der Waals surface area contributed by atoms with Gasteiger partial charge in [0.25, 0.3) is 0 Å². The Morgan fingerprint density at radius 3 is 2.15 bits per heavy atom. The molecule has 20 heavy (non-hydrogen) atoms. The molecule has 1 radical (unpaired) electrons. The third-order valence-electron chi connectivity index (χ3n) is 3.93. The zero-order chi connectivity index (χ0) is 14.9. The van der Waals surface area contributed by atoms with Crippen molar-refractivity contribution in [3.63, 3.8) is 0 Å². The van der Waals surface area contributed by atoms with Crippen LogP contribution in [0.3, 0.4) is 0 Å². The maximum absolute atomic E-state index is 2.49. The Labute approximate surface area is 126 Å². The number of benzene rings is 2. The zero-order valence-electron chi connectivity index (χ0n) is 13.5. The Bertz CT molecular complexity index is 609. The SMILES string of the molecule is Cc1cc([Si](C)c2ccccc2C)cc([Si](C)(C)C)c1. The van der Waals surface area contributed by atoms with Crippen molar-refractivity contribution < 1.29 is 0 Å². The van der Waals surface area contributed by atoms with Crippen LogP contribution in [-0.2, 0) is 0 Å². The van der Waals surface area contributed by atoms with Crippen LogP contribution < -0.4 is 15.6 Å². The topological polar surface area (TPSA) is 0 Å². The Morgan fingerprint density at radius 2 is 1.55 bits per heavy atom. The summed E-state index contributed by atoms with van der Waals surface area (Å²) < 4.78 is 0. The second-order valence-electron chi connectivity index (χ2n) is 6.78. The van der Waals surface area contributed by atoms with Crippen LogP contribution in [0.4, 0.5) is 0 Å². The van der Waals surface area contributed by atoms with Gasteiger partial charge < -0.3 is 0 Å². The summed E-state index contributed by atoms with van der Waals surface area (Å²) in [5.74, 6) is 0. The average molecular weight is 298 g/mol. The Kier molecular flexibility index (Phi) is 4.35.